The molecule has 0 spiro atoms. The van der Waals surface area contributed by atoms with E-state index in [0.717, 1.165) is 9.87 Å². The average Bonchev–Trinajstić information content (AvgIpc) is 2.69. The lowest BCUT2D eigenvalue weighted by Gasteiger charge is -2.14. The fourth-order valence-corrected chi connectivity index (χ4v) is 3.76. The van der Waals surface area contributed by atoms with Crippen LogP contribution < -0.4 is 5.32 Å². The molecule has 0 aliphatic heterocycles. The molecule has 0 bridgehead atoms. The summed E-state index contributed by atoms with van der Waals surface area (Å²) in [4.78, 5) is 20.9. The van der Waals surface area contributed by atoms with Gasteiger partial charge in [-0.1, -0.05) is 41.9 Å². The summed E-state index contributed by atoms with van der Waals surface area (Å²) in [5.74, 6) is 0.0346. The maximum absolute atomic E-state index is 12.5. The van der Waals surface area contributed by atoms with Gasteiger partial charge in [0.15, 0.2) is 5.82 Å². The van der Waals surface area contributed by atoms with Gasteiger partial charge in [0.25, 0.3) is 5.91 Å². The SMILES string of the molecule is CN(C)S(=O)(=O)c1cc(C(=O)Nc2cnc(-c3ccccc3)nc2)ccc1Cl. The van der Waals surface area contributed by atoms with E-state index >= 15 is 0 Å². The Balaban J connectivity index is 1.82. The van der Waals surface area contributed by atoms with Crippen molar-refractivity contribution >= 4 is 33.2 Å². The topological polar surface area (TPSA) is 92.3 Å². The molecule has 0 aliphatic rings. The number of rotatable bonds is 5. The van der Waals surface area contributed by atoms with E-state index in [9.17, 15) is 13.2 Å². The fraction of sp³-hybridized carbons (Fsp3) is 0.105. The number of nitrogens with zero attached hydrogens (tertiary/aromatic N) is 3. The molecule has 1 N–H and O–H groups in total. The quantitative estimate of drug-likeness (QED) is 0.688. The van der Waals surface area contributed by atoms with E-state index in [1.165, 1.54) is 44.7 Å². The second-order valence-corrected chi connectivity index (χ2v) is 8.58. The third-order valence-electron chi connectivity index (χ3n) is 3.89. The Morgan fingerprint density at radius 3 is 2.29 bits per heavy atom. The first-order chi connectivity index (χ1) is 13.3. The van der Waals surface area contributed by atoms with Crippen molar-refractivity contribution < 1.29 is 13.2 Å². The lowest BCUT2D eigenvalue weighted by atomic mass is 10.2. The van der Waals surface area contributed by atoms with Crippen molar-refractivity contribution in [1.29, 1.82) is 0 Å². The van der Waals surface area contributed by atoms with Gasteiger partial charge in [-0.25, -0.2) is 22.7 Å². The van der Waals surface area contributed by atoms with Gasteiger partial charge in [0.05, 0.1) is 23.1 Å². The third-order valence-corrected chi connectivity index (χ3v) is 6.19. The van der Waals surface area contributed by atoms with E-state index < -0.39 is 15.9 Å². The van der Waals surface area contributed by atoms with Crippen LogP contribution in [0.1, 0.15) is 10.4 Å². The predicted molar refractivity (Wildman–Crippen MR) is 108 cm³/mol. The zero-order chi connectivity index (χ0) is 20.3. The van der Waals surface area contributed by atoms with Crippen molar-refractivity contribution in [1.82, 2.24) is 14.3 Å². The molecule has 0 unspecified atom stereocenters. The molecule has 0 atom stereocenters. The maximum atomic E-state index is 12.5. The highest BCUT2D eigenvalue weighted by atomic mass is 35.5. The molecule has 0 saturated carbocycles. The van der Waals surface area contributed by atoms with E-state index in [-0.39, 0.29) is 15.5 Å². The highest BCUT2D eigenvalue weighted by Crippen LogP contribution is 2.25. The smallest absolute Gasteiger partial charge is 0.255 e. The Labute approximate surface area is 168 Å². The van der Waals surface area contributed by atoms with Crippen molar-refractivity contribution in [2.24, 2.45) is 0 Å². The highest BCUT2D eigenvalue weighted by molar-refractivity contribution is 7.89. The lowest BCUT2D eigenvalue weighted by Crippen LogP contribution is -2.23. The number of halogens is 1. The van der Waals surface area contributed by atoms with Crippen LogP contribution in [0.3, 0.4) is 0 Å². The number of carbonyl (C=O) groups excluding carboxylic acids is 1. The summed E-state index contributed by atoms with van der Waals surface area (Å²) in [6.45, 7) is 0. The molecule has 1 aromatic heterocycles. The number of nitrogens with one attached hydrogen (secondary N) is 1. The molecule has 1 amide bonds. The van der Waals surface area contributed by atoms with Crippen molar-refractivity contribution in [2.45, 2.75) is 4.90 Å². The molecule has 0 fully saturated rings. The van der Waals surface area contributed by atoms with Crippen molar-refractivity contribution in [3.63, 3.8) is 0 Å². The molecule has 0 saturated heterocycles. The highest BCUT2D eigenvalue weighted by Gasteiger charge is 2.22. The first kappa shape index (κ1) is 19.9. The molecule has 7 nitrogen and oxygen atoms in total. The van der Waals surface area contributed by atoms with Crippen LogP contribution in [-0.2, 0) is 10.0 Å². The molecular formula is C19H17ClN4O3S. The van der Waals surface area contributed by atoms with Gasteiger partial charge < -0.3 is 5.32 Å². The molecule has 3 rings (SSSR count). The Morgan fingerprint density at radius 1 is 1.04 bits per heavy atom. The van der Waals surface area contributed by atoms with E-state index in [1.54, 1.807) is 0 Å². The third kappa shape index (κ3) is 4.19. The van der Waals surface area contributed by atoms with Crippen LogP contribution in [0.2, 0.25) is 5.02 Å². The number of aromatic nitrogens is 2. The number of anilines is 1. The van der Waals surface area contributed by atoms with E-state index in [0.29, 0.717) is 11.5 Å². The van der Waals surface area contributed by atoms with Crippen molar-refractivity contribution in [2.75, 3.05) is 19.4 Å². The first-order valence-corrected chi connectivity index (χ1v) is 10.0. The summed E-state index contributed by atoms with van der Waals surface area (Å²) in [5.41, 5.74) is 1.39. The Hall–Kier alpha value is -2.81. The van der Waals surface area contributed by atoms with Gasteiger partial charge in [-0.2, -0.15) is 0 Å². The van der Waals surface area contributed by atoms with Crippen LogP contribution in [0, 0.1) is 0 Å². The van der Waals surface area contributed by atoms with Gasteiger partial charge in [0.1, 0.15) is 4.90 Å². The van der Waals surface area contributed by atoms with Crippen LogP contribution in [-0.4, -0.2) is 42.7 Å². The van der Waals surface area contributed by atoms with Gasteiger partial charge in [-0.05, 0) is 18.2 Å². The van der Waals surface area contributed by atoms with E-state index in [1.807, 2.05) is 30.3 Å². The summed E-state index contributed by atoms with van der Waals surface area (Å²) < 4.78 is 25.7. The van der Waals surface area contributed by atoms with Gasteiger partial charge >= 0.3 is 0 Å². The van der Waals surface area contributed by atoms with Crippen LogP contribution in [0.25, 0.3) is 11.4 Å². The molecule has 1 heterocycles. The second kappa shape index (κ2) is 8.05. The summed E-state index contributed by atoms with van der Waals surface area (Å²) >= 11 is 6.01. The minimum atomic E-state index is -3.78. The van der Waals surface area contributed by atoms with E-state index in [4.69, 9.17) is 11.6 Å². The minimum Gasteiger partial charge on any atom is -0.319 e. The lowest BCUT2D eigenvalue weighted by molar-refractivity contribution is 0.102. The van der Waals surface area contributed by atoms with Crippen LogP contribution in [0.15, 0.2) is 65.8 Å². The standard InChI is InChI=1S/C19H17ClN4O3S/c1-24(2)28(26,27)17-10-14(8-9-16(17)20)19(25)23-15-11-21-18(22-12-15)13-6-4-3-5-7-13/h3-12H,1-2H3,(H,23,25). The predicted octanol–water partition coefficient (Wildman–Crippen LogP) is 3.30. The summed E-state index contributed by atoms with van der Waals surface area (Å²) in [7, 11) is -0.990. The van der Waals surface area contributed by atoms with Crippen LogP contribution in [0.4, 0.5) is 5.69 Å². The number of hydrogen-bond acceptors (Lipinski definition) is 5. The van der Waals surface area contributed by atoms with Crippen molar-refractivity contribution in [3.8, 4) is 11.4 Å². The summed E-state index contributed by atoms with van der Waals surface area (Å²) in [6, 6.07) is 13.5. The molecule has 0 radical (unpaired) electrons. The molecule has 144 valence electrons. The van der Waals surface area contributed by atoms with Gasteiger partial charge in [0.2, 0.25) is 10.0 Å². The normalized spacial score (nSPS) is 11.4. The Bertz CT molecular complexity index is 1100. The van der Waals surface area contributed by atoms with Gasteiger partial charge in [-0.3, -0.25) is 4.79 Å². The zero-order valence-corrected chi connectivity index (χ0v) is 16.7. The van der Waals surface area contributed by atoms with Crippen LogP contribution >= 0.6 is 11.6 Å². The van der Waals surface area contributed by atoms with Gasteiger partial charge in [0, 0.05) is 25.2 Å². The zero-order valence-electron chi connectivity index (χ0n) is 15.1. The Morgan fingerprint density at radius 2 is 1.68 bits per heavy atom. The number of carbonyl (C=O) groups is 1. The van der Waals surface area contributed by atoms with Crippen molar-refractivity contribution in [3.05, 3.63) is 71.5 Å². The molecular weight excluding hydrogens is 400 g/mol. The van der Waals surface area contributed by atoms with Gasteiger partial charge in [-0.15, -0.1) is 0 Å². The summed E-state index contributed by atoms with van der Waals surface area (Å²) in [6.07, 6.45) is 2.97. The number of hydrogen-bond donors (Lipinski definition) is 1. The number of sulfonamides is 1. The monoisotopic (exact) mass is 416 g/mol. The molecule has 2 aromatic carbocycles. The molecule has 28 heavy (non-hydrogen) atoms. The van der Waals surface area contributed by atoms with E-state index in [2.05, 4.69) is 15.3 Å². The number of benzene rings is 2. The largest absolute Gasteiger partial charge is 0.319 e. The average molecular weight is 417 g/mol. The van der Waals surface area contributed by atoms with Crippen LogP contribution in [0.5, 0.6) is 0 Å². The summed E-state index contributed by atoms with van der Waals surface area (Å²) in [5, 5.41) is 2.69. The molecule has 9 heteroatoms. The Kier molecular flexibility index (Phi) is 5.73. The first-order valence-electron chi connectivity index (χ1n) is 8.20. The maximum Gasteiger partial charge on any atom is 0.255 e. The fourth-order valence-electron chi connectivity index (χ4n) is 2.37. The number of amides is 1. The molecule has 3 aromatic rings. The minimum absolute atomic E-state index is 0.0424. The second-order valence-electron chi connectivity index (χ2n) is 6.05. The molecule has 0 aliphatic carbocycles.